The van der Waals surface area contributed by atoms with Crippen molar-refractivity contribution in [2.75, 3.05) is 13.2 Å². The SMILES string of the molecule is CC/C=C\C/C=C\C/C=C\C/C=C\CCCCC(=O)OC1C(OCC(COC(=O)CCCCCCC/C=C\C/C=C\CCCCC)OC(=O)CCCCCCCCCCCCCCCCC)OC(C(=O)O)C(O)C1O. The lowest BCUT2D eigenvalue weighted by Crippen LogP contribution is -2.61. The summed E-state index contributed by atoms with van der Waals surface area (Å²) in [5.41, 5.74) is 0. The number of carboxylic acid groups (broad SMARTS) is 1. The summed E-state index contributed by atoms with van der Waals surface area (Å²) >= 11 is 0. The lowest BCUT2D eigenvalue weighted by atomic mass is 9.98. The van der Waals surface area contributed by atoms with Gasteiger partial charge >= 0.3 is 23.9 Å². The van der Waals surface area contributed by atoms with Crippen LogP contribution in [0.1, 0.15) is 252 Å². The number of aliphatic carboxylic acids is 1. The predicted octanol–water partition coefficient (Wildman–Crippen LogP) is 15.3. The minimum Gasteiger partial charge on any atom is -0.479 e. The van der Waals surface area contributed by atoms with E-state index in [9.17, 15) is 34.5 Å². The van der Waals surface area contributed by atoms with Crippen molar-refractivity contribution in [3.63, 3.8) is 0 Å². The second-order valence-corrected chi connectivity index (χ2v) is 20.3. The molecule has 0 aliphatic carbocycles. The molecule has 6 unspecified atom stereocenters. The molecule has 0 aromatic carbocycles. The first-order valence-corrected chi connectivity index (χ1v) is 29.9. The fraction of sp³-hybridized carbons (Fsp3) is 0.746. The third-order valence-electron chi connectivity index (χ3n) is 13.3. The highest BCUT2D eigenvalue weighted by Gasteiger charge is 2.50. The first-order valence-electron chi connectivity index (χ1n) is 29.9. The average molecular weight is 1060 g/mol. The number of hydrogen-bond acceptors (Lipinski definition) is 11. The normalized spacial score (nSPS) is 18.7. The molecule has 1 aliphatic rings. The molecule has 430 valence electrons. The number of unbranched alkanes of at least 4 members (excludes halogenated alkanes) is 24. The van der Waals surface area contributed by atoms with Crippen LogP contribution in [0.5, 0.6) is 0 Å². The molecule has 75 heavy (non-hydrogen) atoms. The number of esters is 3. The second kappa shape index (κ2) is 50.9. The third kappa shape index (κ3) is 41.0. The molecule has 1 heterocycles. The first-order chi connectivity index (χ1) is 36.6. The van der Waals surface area contributed by atoms with Gasteiger partial charge in [0.1, 0.15) is 18.8 Å². The smallest absolute Gasteiger partial charge is 0.335 e. The third-order valence-corrected chi connectivity index (χ3v) is 13.3. The van der Waals surface area contributed by atoms with E-state index in [-0.39, 0.29) is 25.9 Å². The maximum absolute atomic E-state index is 13.2. The molecule has 0 radical (unpaired) electrons. The van der Waals surface area contributed by atoms with Gasteiger partial charge in [0.2, 0.25) is 0 Å². The van der Waals surface area contributed by atoms with Crippen molar-refractivity contribution in [2.24, 2.45) is 0 Å². The van der Waals surface area contributed by atoms with E-state index < -0.39 is 67.3 Å². The molecular formula is C63H106O12. The summed E-state index contributed by atoms with van der Waals surface area (Å²) in [4.78, 5) is 51.1. The summed E-state index contributed by atoms with van der Waals surface area (Å²) in [7, 11) is 0. The first kappa shape index (κ1) is 69.2. The zero-order valence-corrected chi connectivity index (χ0v) is 47.3. The Morgan fingerprint density at radius 2 is 0.840 bits per heavy atom. The number of carbonyl (C=O) groups is 4. The Balaban J connectivity index is 2.72. The van der Waals surface area contributed by atoms with Crippen LogP contribution in [0.4, 0.5) is 0 Å². The van der Waals surface area contributed by atoms with Gasteiger partial charge in [0, 0.05) is 19.3 Å². The number of aliphatic hydroxyl groups excluding tert-OH is 2. The molecule has 0 bridgehead atoms. The van der Waals surface area contributed by atoms with Gasteiger partial charge in [-0.15, -0.1) is 0 Å². The average Bonchev–Trinajstić information content (AvgIpc) is 3.39. The summed E-state index contributed by atoms with van der Waals surface area (Å²) in [5, 5.41) is 31.5. The van der Waals surface area contributed by atoms with Crippen LogP contribution < -0.4 is 0 Å². The van der Waals surface area contributed by atoms with Gasteiger partial charge in [-0.25, -0.2) is 4.79 Å². The highest BCUT2D eigenvalue weighted by molar-refractivity contribution is 5.74. The lowest BCUT2D eigenvalue weighted by molar-refractivity contribution is -0.301. The summed E-state index contributed by atoms with van der Waals surface area (Å²) in [6.45, 7) is 5.83. The number of ether oxygens (including phenoxy) is 5. The van der Waals surface area contributed by atoms with Crippen LogP contribution in [-0.4, -0.2) is 89.2 Å². The van der Waals surface area contributed by atoms with Crippen molar-refractivity contribution >= 4 is 23.9 Å². The number of aliphatic hydroxyl groups is 2. The topological polar surface area (TPSA) is 175 Å². The van der Waals surface area contributed by atoms with E-state index in [1.165, 1.54) is 89.9 Å². The zero-order valence-electron chi connectivity index (χ0n) is 47.3. The van der Waals surface area contributed by atoms with Crippen LogP contribution in [-0.2, 0) is 42.9 Å². The van der Waals surface area contributed by atoms with Crippen LogP contribution in [0.3, 0.4) is 0 Å². The van der Waals surface area contributed by atoms with Crippen molar-refractivity contribution in [3.05, 3.63) is 72.9 Å². The minimum atomic E-state index is -1.92. The van der Waals surface area contributed by atoms with Crippen molar-refractivity contribution in [1.29, 1.82) is 0 Å². The molecule has 3 N–H and O–H groups in total. The zero-order chi connectivity index (χ0) is 54.7. The largest absolute Gasteiger partial charge is 0.479 e. The van der Waals surface area contributed by atoms with Gasteiger partial charge in [-0.1, -0.05) is 216 Å². The molecule has 12 nitrogen and oxygen atoms in total. The van der Waals surface area contributed by atoms with E-state index in [1.54, 1.807) is 0 Å². The van der Waals surface area contributed by atoms with Gasteiger partial charge in [0.15, 0.2) is 24.6 Å². The Hall–Kier alpha value is -3.84. The molecular weight excluding hydrogens is 949 g/mol. The Bertz CT molecular complexity index is 1580. The standard InChI is InChI=1S/C63H106O12/c1-4-7-10-13-16-19-22-25-28-31-34-37-40-43-46-49-55(64)71-52-54(73-56(65)50-47-44-41-38-35-32-29-26-23-20-17-14-11-8-5-2)53-72-63-61(59(68)58(67)60(75-63)62(69)70)74-57(66)51-48-45-42-39-36-33-30-27-24-21-18-15-12-9-6-3/h9,12,16,18-19,21,25,27-28,30,36,39,54,58-61,63,67-68H,4-8,10-11,13-15,17,20,22-24,26,29,31-35,37-38,40-53H2,1-3H3,(H,69,70)/b12-9-,19-16-,21-18-,28-25-,30-27-,39-36-. The van der Waals surface area contributed by atoms with Crippen molar-refractivity contribution in [3.8, 4) is 0 Å². The molecule has 0 spiro atoms. The fourth-order valence-corrected chi connectivity index (χ4v) is 8.68. The summed E-state index contributed by atoms with van der Waals surface area (Å²) in [6, 6.07) is 0. The van der Waals surface area contributed by atoms with Crippen LogP contribution in [0.2, 0.25) is 0 Å². The van der Waals surface area contributed by atoms with Crippen LogP contribution in [0, 0.1) is 0 Å². The lowest BCUT2D eigenvalue weighted by Gasteiger charge is -2.40. The maximum Gasteiger partial charge on any atom is 0.335 e. The Labute approximate surface area is 455 Å². The highest BCUT2D eigenvalue weighted by atomic mass is 16.7. The number of carbonyl (C=O) groups excluding carboxylic acids is 3. The van der Waals surface area contributed by atoms with E-state index in [2.05, 4.69) is 93.7 Å². The molecule has 0 amide bonds. The van der Waals surface area contributed by atoms with Gasteiger partial charge in [0.05, 0.1) is 6.61 Å². The molecule has 6 atom stereocenters. The molecule has 0 aromatic heterocycles. The van der Waals surface area contributed by atoms with Crippen LogP contribution in [0.15, 0.2) is 72.9 Å². The predicted molar refractivity (Wildman–Crippen MR) is 303 cm³/mol. The number of carboxylic acids is 1. The van der Waals surface area contributed by atoms with Gasteiger partial charge in [-0.3, -0.25) is 14.4 Å². The maximum atomic E-state index is 13.2. The van der Waals surface area contributed by atoms with E-state index in [0.717, 1.165) is 96.3 Å². The van der Waals surface area contributed by atoms with Gasteiger partial charge in [-0.2, -0.15) is 0 Å². The monoisotopic (exact) mass is 1050 g/mol. The molecule has 1 saturated heterocycles. The molecule has 1 fully saturated rings. The number of allylic oxidation sites excluding steroid dienone is 12. The molecule has 0 saturated carbocycles. The molecule has 1 aliphatic heterocycles. The molecule has 0 aromatic rings. The van der Waals surface area contributed by atoms with Gasteiger partial charge < -0.3 is 39.0 Å². The van der Waals surface area contributed by atoms with Gasteiger partial charge in [0.25, 0.3) is 0 Å². The van der Waals surface area contributed by atoms with Crippen molar-refractivity contribution < 1.29 is 58.2 Å². The Morgan fingerprint density at radius 1 is 0.453 bits per heavy atom. The summed E-state index contributed by atoms with van der Waals surface area (Å²) in [5.74, 6) is -3.18. The Kier molecular flexibility index (Phi) is 47.0. The summed E-state index contributed by atoms with van der Waals surface area (Å²) < 4.78 is 28.4. The highest BCUT2D eigenvalue weighted by Crippen LogP contribution is 2.26. The Morgan fingerprint density at radius 3 is 1.33 bits per heavy atom. The van der Waals surface area contributed by atoms with Crippen LogP contribution >= 0.6 is 0 Å². The van der Waals surface area contributed by atoms with Crippen molar-refractivity contribution in [2.45, 2.75) is 289 Å². The summed E-state index contributed by atoms with van der Waals surface area (Å²) in [6.07, 6.45) is 51.5. The second-order valence-electron chi connectivity index (χ2n) is 20.3. The molecule has 1 rings (SSSR count). The van der Waals surface area contributed by atoms with Crippen LogP contribution in [0.25, 0.3) is 0 Å². The minimum absolute atomic E-state index is 0.00607. The van der Waals surface area contributed by atoms with E-state index >= 15 is 0 Å². The van der Waals surface area contributed by atoms with Gasteiger partial charge in [-0.05, 0) is 89.9 Å². The quantitative estimate of drug-likeness (QED) is 0.0228. The number of rotatable bonds is 50. The fourth-order valence-electron chi connectivity index (χ4n) is 8.68. The van der Waals surface area contributed by atoms with Crippen molar-refractivity contribution in [1.82, 2.24) is 0 Å². The van der Waals surface area contributed by atoms with E-state index in [0.29, 0.717) is 25.7 Å². The number of hydrogen-bond donors (Lipinski definition) is 3. The van der Waals surface area contributed by atoms with E-state index in [4.69, 9.17) is 23.7 Å². The molecule has 12 heteroatoms. The van der Waals surface area contributed by atoms with E-state index in [1.807, 2.05) is 0 Å².